The van der Waals surface area contributed by atoms with Crippen molar-refractivity contribution in [3.63, 3.8) is 0 Å². The van der Waals surface area contributed by atoms with Crippen LogP contribution >= 0.6 is 22.9 Å². The minimum atomic E-state index is -0.118. The Balaban J connectivity index is 1.43. The molecule has 0 fully saturated rings. The molecule has 1 aliphatic carbocycles. The number of hydrogen-bond donors (Lipinski definition) is 1. The Labute approximate surface area is 161 Å². The molecule has 1 amide bonds. The molecule has 2 aromatic heterocycles. The van der Waals surface area contributed by atoms with E-state index in [0.29, 0.717) is 22.4 Å². The van der Waals surface area contributed by atoms with Crippen molar-refractivity contribution in [2.45, 2.75) is 12.3 Å². The number of fused-ring (bicyclic) bond motifs is 1. The first-order chi connectivity index (χ1) is 12.7. The standard InChI is InChI=1S/C21H17ClN2OS/c22-19-17-6-1-2-7-18(17)26-20(19)21(25)24-13-14-4-3-5-16(12-14)15-8-10-23-11-9-15/h1-11,16H,12-13H2,(H,24,25). The van der Waals surface area contributed by atoms with E-state index < -0.39 is 0 Å². The quantitative estimate of drug-likeness (QED) is 0.662. The molecule has 2 heterocycles. The van der Waals surface area contributed by atoms with Gasteiger partial charge in [-0.3, -0.25) is 9.78 Å². The highest BCUT2D eigenvalue weighted by molar-refractivity contribution is 7.21. The van der Waals surface area contributed by atoms with Gasteiger partial charge in [-0.25, -0.2) is 0 Å². The van der Waals surface area contributed by atoms with Gasteiger partial charge in [-0.05, 0) is 30.2 Å². The van der Waals surface area contributed by atoms with Crippen molar-refractivity contribution >= 4 is 38.9 Å². The summed E-state index contributed by atoms with van der Waals surface area (Å²) in [4.78, 5) is 17.2. The highest BCUT2D eigenvalue weighted by Gasteiger charge is 2.18. The lowest BCUT2D eigenvalue weighted by Gasteiger charge is -2.19. The smallest absolute Gasteiger partial charge is 0.263 e. The van der Waals surface area contributed by atoms with E-state index in [-0.39, 0.29) is 5.91 Å². The van der Waals surface area contributed by atoms with E-state index in [1.807, 2.05) is 48.8 Å². The fourth-order valence-corrected chi connectivity index (χ4v) is 4.58. The number of amides is 1. The number of carbonyl (C=O) groups excluding carboxylic acids is 1. The Morgan fingerprint density at radius 3 is 2.85 bits per heavy atom. The zero-order valence-corrected chi connectivity index (χ0v) is 15.6. The van der Waals surface area contributed by atoms with Crippen LogP contribution in [0.15, 0.2) is 72.6 Å². The van der Waals surface area contributed by atoms with Crippen molar-refractivity contribution in [3.05, 3.63) is 88.1 Å². The second-order valence-corrected chi connectivity index (χ2v) is 7.66. The van der Waals surface area contributed by atoms with Crippen LogP contribution in [0.2, 0.25) is 5.02 Å². The van der Waals surface area contributed by atoms with E-state index in [0.717, 1.165) is 16.5 Å². The first-order valence-corrected chi connectivity index (χ1v) is 9.63. The summed E-state index contributed by atoms with van der Waals surface area (Å²) in [5.41, 5.74) is 2.43. The van der Waals surface area contributed by atoms with Crippen LogP contribution < -0.4 is 5.32 Å². The number of halogens is 1. The minimum Gasteiger partial charge on any atom is -0.348 e. The van der Waals surface area contributed by atoms with Crippen LogP contribution in [0.1, 0.15) is 27.6 Å². The van der Waals surface area contributed by atoms with Gasteiger partial charge in [-0.1, -0.05) is 53.6 Å². The molecular weight excluding hydrogens is 364 g/mol. The van der Waals surface area contributed by atoms with Gasteiger partial charge in [0.25, 0.3) is 5.91 Å². The topological polar surface area (TPSA) is 42.0 Å². The van der Waals surface area contributed by atoms with Gasteiger partial charge >= 0.3 is 0 Å². The number of benzene rings is 1. The fraction of sp³-hybridized carbons (Fsp3) is 0.143. The van der Waals surface area contributed by atoms with Gasteiger partial charge in [0.05, 0.1) is 5.02 Å². The van der Waals surface area contributed by atoms with Gasteiger partial charge in [0, 0.05) is 34.9 Å². The molecule has 130 valence electrons. The summed E-state index contributed by atoms with van der Waals surface area (Å²) >= 11 is 7.83. The molecule has 0 bridgehead atoms. The number of rotatable bonds is 4. The van der Waals surface area contributed by atoms with E-state index in [2.05, 4.69) is 28.5 Å². The predicted molar refractivity (Wildman–Crippen MR) is 108 cm³/mol. The summed E-state index contributed by atoms with van der Waals surface area (Å²) in [6.07, 6.45) is 10.8. The molecule has 3 aromatic rings. The van der Waals surface area contributed by atoms with Gasteiger partial charge in [0.1, 0.15) is 4.88 Å². The maximum Gasteiger partial charge on any atom is 0.263 e. The number of aromatic nitrogens is 1. The maximum atomic E-state index is 12.6. The fourth-order valence-electron chi connectivity index (χ4n) is 3.15. The van der Waals surface area contributed by atoms with Crippen molar-refractivity contribution in [1.82, 2.24) is 10.3 Å². The molecule has 3 nitrogen and oxygen atoms in total. The van der Waals surface area contributed by atoms with Crippen molar-refractivity contribution < 1.29 is 4.79 Å². The molecule has 0 radical (unpaired) electrons. The summed E-state index contributed by atoms with van der Waals surface area (Å²) in [6.45, 7) is 0.523. The Kier molecular flexibility index (Phi) is 4.87. The average molecular weight is 381 g/mol. The molecule has 0 spiro atoms. The van der Waals surface area contributed by atoms with Crippen LogP contribution in [0.4, 0.5) is 0 Å². The number of nitrogens with one attached hydrogen (secondary N) is 1. The second-order valence-electron chi connectivity index (χ2n) is 6.22. The van der Waals surface area contributed by atoms with E-state index >= 15 is 0 Å². The molecular formula is C21H17ClN2OS. The Bertz CT molecular complexity index is 1010. The van der Waals surface area contributed by atoms with Crippen molar-refractivity contribution in [1.29, 1.82) is 0 Å². The lowest BCUT2D eigenvalue weighted by atomic mass is 9.89. The minimum absolute atomic E-state index is 0.118. The predicted octanol–water partition coefficient (Wildman–Crippen LogP) is 5.35. The Morgan fingerprint density at radius 1 is 1.23 bits per heavy atom. The van der Waals surface area contributed by atoms with Gasteiger partial charge < -0.3 is 5.32 Å². The molecule has 1 aliphatic rings. The molecule has 1 N–H and O–H groups in total. The van der Waals surface area contributed by atoms with E-state index in [1.54, 1.807) is 0 Å². The van der Waals surface area contributed by atoms with Crippen LogP contribution in [0.3, 0.4) is 0 Å². The van der Waals surface area contributed by atoms with Crippen LogP contribution in [0, 0.1) is 0 Å². The number of thiophene rings is 1. The van der Waals surface area contributed by atoms with Gasteiger partial charge in [0.2, 0.25) is 0 Å². The number of hydrogen-bond acceptors (Lipinski definition) is 3. The largest absolute Gasteiger partial charge is 0.348 e. The van der Waals surface area contributed by atoms with E-state index in [9.17, 15) is 4.79 Å². The number of nitrogens with zero attached hydrogens (tertiary/aromatic N) is 1. The van der Waals surface area contributed by atoms with E-state index in [1.165, 1.54) is 22.5 Å². The van der Waals surface area contributed by atoms with Crippen LogP contribution in [-0.4, -0.2) is 17.4 Å². The highest BCUT2D eigenvalue weighted by Crippen LogP contribution is 2.35. The first kappa shape index (κ1) is 17.0. The molecule has 4 rings (SSSR count). The molecule has 26 heavy (non-hydrogen) atoms. The third kappa shape index (κ3) is 3.43. The molecule has 0 saturated heterocycles. The highest BCUT2D eigenvalue weighted by atomic mass is 35.5. The van der Waals surface area contributed by atoms with Crippen LogP contribution in [-0.2, 0) is 0 Å². The first-order valence-electron chi connectivity index (χ1n) is 8.44. The lowest BCUT2D eigenvalue weighted by Crippen LogP contribution is -2.26. The molecule has 1 atom stereocenters. The zero-order chi connectivity index (χ0) is 17.9. The van der Waals surface area contributed by atoms with Gasteiger partial charge in [-0.15, -0.1) is 11.3 Å². The second kappa shape index (κ2) is 7.44. The number of carbonyl (C=O) groups is 1. The number of allylic oxidation sites excluding steroid dienone is 3. The van der Waals surface area contributed by atoms with Gasteiger partial charge in [0.15, 0.2) is 0 Å². The summed E-state index contributed by atoms with van der Waals surface area (Å²) < 4.78 is 1.03. The normalized spacial score (nSPS) is 16.5. The molecule has 0 aliphatic heterocycles. The van der Waals surface area contributed by atoms with E-state index in [4.69, 9.17) is 11.6 Å². The Morgan fingerprint density at radius 2 is 2.04 bits per heavy atom. The summed E-state index contributed by atoms with van der Waals surface area (Å²) in [5.74, 6) is 0.204. The monoisotopic (exact) mass is 380 g/mol. The van der Waals surface area contributed by atoms with Crippen molar-refractivity contribution in [2.75, 3.05) is 6.54 Å². The third-order valence-electron chi connectivity index (χ3n) is 4.51. The number of pyridine rings is 1. The molecule has 0 saturated carbocycles. The average Bonchev–Trinajstić information content (AvgIpc) is 3.04. The van der Waals surface area contributed by atoms with Crippen molar-refractivity contribution in [3.8, 4) is 0 Å². The summed E-state index contributed by atoms with van der Waals surface area (Å²) in [7, 11) is 0. The molecule has 1 unspecified atom stereocenters. The lowest BCUT2D eigenvalue weighted by molar-refractivity contribution is 0.0961. The summed E-state index contributed by atoms with van der Waals surface area (Å²) in [5, 5.41) is 4.48. The zero-order valence-electron chi connectivity index (χ0n) is 14.0. The molecule has 1 aromatic carbocycles. The SMILES string of the molecule is O=C(NCC1=CC=CC(c2ccncc2)C1)c1sc2ccccc2c1Cl. The maximum absolute atomic E-state index is 12.6. The van der Waals surface area contributed by atoms with Crippen LogP contribution in [0.5, 0.6) is 0 Å². The van der Waals surface area contributed by atoms with Crippen molar-refractivity contribution in [2.24, 2.45) is 0 Å². The Hall–Kier alpha value is -2.43. The molecule has 5 heteroatoms. The van der Waals surface area contributed by atoms with Crippen LogP contribution in [0.25, 0.3) is 10.1 Å². The van der Waals surface area contributed by atoms with Gasteiger partial charge in [-0.2, -0.15) is 0 Å². The summed E-state index contributed by atoms with van der Waals surface area (Å²) in [6, 6.07) is 11.9. The third-order valence-corrected chi connectivity index (χ3v) is 6.18.